The van der Waals surface area contributed by atoms with E-state index in [1.54, 1.807) is 60.0 Å². The Bertz CT molecular complexity index is 935. The van der Waals surface area contributed by atoms with E-state index in [1.165, 1.54) is 15.4 Å². The summed E-state index contributed by atoms with van der Waals surface area (Å²) in [5, 5.41) is 2.15. The number of thiophene rings is 1. The van der Waals surface area contributed by atoms with Gasteiger partial charge in [0, 0.05) is 0 Å². The van der Waals surface area contributed by atoms with Gasteiger partial charge >= 0.3 is 163 Å². The van der Waals surface area contributed by atoms with Crippen LogP contribution in [-0.2, 0) is 24.7 Å². The Labute approximate surface area is 162 Å². The summed E-state index contributed by atoms with van der Waals surface area (Å²) in [6.07, 6.45) is 3.59. The number of rotatable bonds is 2. The molecule has 0 amide bonds. The number of fused-ring (bicyclic) bond motifs is 2. The summed E-state index contributed by atoms with van der Waals surface area (Å²) >= 11 is 5.67. The first-order valence-corrected chi connectivity index (χ1v) is 11.2. The van der Waals surface area contributed by atoms with Crippen molar-refractivity contribution in [3.63, 3.8) is 0 Å². The molecule has 0 radical (unpaired) electrons. The van der Waals surface area contributed by atoms with E-state index in [4.69, 9.17) is 0 Å². The molecule has 1 aromatic heterocycles. The first-order valence-electron chi connectivity index (χ1n) is 8.23. The first kappa shape index (κ1) is 16.4. The maximum atomic E-state index is 2.44. The molecule has 3 aliphatic rings. The van der Waals surface area contributed by atoms with E-state index >= 15 is 0 Å². The molecule has 0 N–H and O–H groups in total. The van der Waals surface area contributed by atoms with E-state index in [-0.39, 0.29) is 0 Å². The topological polar surface area (TPSA) is 0 Å². The summed E-state index contributed by atoms with van der Waals surface area (Å²) in [7, 11) is 0. The number of thioether (sulfide) groups is 1. The van der Waals surface area contributed by atoms with Crippen LogP contribution >= 0.6 is 23.1 Å². The van der Waals surface area contributed by atoms with Gasteiger partial charge in [-0.05, 0) is 0 Å². The molecule has 0 spiro atoms. The van der Waals surface area contributed by atoms with Crippen molar-refractivity contribution in [1.29, 1.82) is 0 Å². The SMILES string of the molecule is CC1=C(C2=C(C)SC3C2=c2cc(C)sc2=[C]3[Zr])CC(C(C)C)=C1. The Kier molecular flexibility index (Phi) is 4.07. The molecule has 0 fully saturated rings. The van der Waals surface area contributed by atoms with Gasteiger partial charge in [-0.1, -0.05) is 0 Å². The van der Waals surface area contributed by atoms with Crippen molar-refractivity contribution >= 4 is 32.0 Å². The molecule has 117 valence electrons. The van der Waals surface area contributed by atoms with Gasteiger partial charge in [-0.25, -0.2) is 0 Å². The summed E-state index contributed by atoms with van der Waals surface area (Å²) < 4.78 is 3.24. The average molecular weight is 417 g/mol. The van der Waals surface area contributed by atoms with Gasteiger partial charge < -0.3 is 0 Å². The standard InChI is InChI=1S/C20H21S2.Zr/c1-10(2)14-6-11(3)15(8-14)19-13(5)22-18-9-17-16(20(18)19)7-12(4)21-17;/h6-7,10,18H,8H2,1-5H3;. The average Bonchev–Trinajstić information content (AvgIpc) is 3.16. The number of hydrogen-bond acceptors (Lipinski definition) is 2. The Balaban J connectivity index is 1.89. The molecule has 1 unspecified atom stereocenters. The Morgan fingerprint density at radius 3 is 2.61 bits per heavy atom. The summed E-state index contributed by atoms with van der Waals surface area (Å²) in [4.78, 5) is 2.99. The number of hydrogen-bond donors (Lipinski definition) is 0. The van der Waals surface area contributed by atoms with Crippen LogP contribution in [0, 0.1) is 12.8 Å². The molecule has 1 atom stereocenters. The maximum absolute atomic E-state index is 2.44. The van der Waals surface area contributed by atoms with Gasteiger partial charge in [0.15, 0.2) is 0 Å². The fourth-order valence-electron chi connectivity index (χ4n) is 3.92. The predicted octanol–water partition coefficient (Wildman–Crippen LogP) is 4.57. The first-order chi connectivity index (χ1) is 10.9. The van der Waals surface area contributed by atoms with Crippen LogP contribution in [0.15, 0.2) is 39.3 Å². The minimum absolute atomic E-state index is 0.605. The fourth-order valence-corrected chi connectivity index (χ4v) is 7.80. The zero-order chi connectivity index (χ0) is 16.5. The van der Waals surface area contributed by atoms with Gasteiger partial charge in [0.2, 0.25) is 0 Å². The Morgan fingerprint density at radius 1 is 1.22 bits per heavy atom. The van der Waals surface area contributed by atoms with Gasteiger partial charge in [0.05, 0.1) is 0 Å². The van der Waals surface area contributed by atoms with Gasteiger partial charge in [-0.3, -0.25) is 0 Å². The van der Waals surface area contributed by atoms with Crippen molar-refractivity contribution in [1.82, 2.24) is 0 Å². The Hall–Kier alpha value is -0.107. The zero-order valence-electron chi connectivity index (χ0n) is 14.3. The van der Waals surface area contributed by atoms with E-state index in [2.05, 4.69) is 58.5 Å². The van der Waals surface area contributed by atoms with Crippen LogP contribution in [0.2, 0.25) is 0 Å². The second-order valence-corrected chi connectivity index (χ2v) is 11.0. The second kappa shape index (κ2) is 5.71. The Morgan fingerprint density at radius 2 is 1.96 bits per heavy atom. The van der Waals surface area contributed by atoms with Crippen LogP contribution in [-0.4, -0.2) is 5.25 Å². The van der Waals surface area contributed by atoms with Crippen molar-refractivity contribution in [3.05, 3.63) is 54.0 Å². The molecule has 3 heteroatoms. The van der Waals surface area contributed by atoms with Gasteiger partial charge in [-0.2, -0.15) is 0 Å². The molecule has 0 saturated heterocycles. The molecule has 23 heavy (non-hydrogen) atoms. The summed E-state index contributed by atoms with van der Waals surface area (Å²) in [6, 6.07) is 2.43. The predicted molar refractivity (Wildman–Crippen MR) is 99.4 cm³/mol. The molecule has 2 heterocycles. The molecule has 0 bridgehead atoms. The van der Waals surface area contributed by atoms with E-state index in [0.29, 0.717) is 11.2 Å². The third-order valence-corrected chi connectivity index (χ3v) is 9.76. The van der Waals surface area contributed by atoms with Crippen molar-refractivity contribution in [2.45, 2.75) is 46.3 Å². The van der Waals surface area contributed by atoms with Crippen molar-refractivity contribution in [3.8, 4) is 0 Å². The number of aryl methyl sites for hydroxylation is 1. The van der Waals surface area contributed by atoms with Gasteiger partial charge in [0.25, 0.3) is 0 Å². The molecule has 1 aliphatic heterocycles. The van der Waals surface area contributed by atoms with Gasteiger partial charge in [-0.15, -0.1) is 0 Å². The molecular weight excluding hydrogens is 396 g/mol. The van der Waals surface area contributed by atoms with E-state index < -0.39 is 0 Å². The van der Waals surface area contributed by atoms with Crippen molar-refractivity contribution < 1.29 is 24.7 Å². The summed E-state index contributed by atoms with van der Waals surface area (Å²) in [6.45, 7) is 11.5. The minimum atomic E-state index is 0.605. The molecule has 4 rings (SSSR count). The monoisotopic (exact) mass is 415 g/mol. The van der Waals surface area contributed by atoms with E-state index in [0.717, 1.165) is 6.42 Å². The second-order valence-electron chi connectivity index (χ2n) is 7.07. The molecule has 0 aromatic carbocycles. The third kappa shape index (κ3) is 2.42. The normalized spacial score (nSPS) is 23.3. The summed E-state index contributed by atoms with van der Waals surface area (Å²) in [5.41, 5.74) is 7.89. The van der Waals surface area contributed by atoms with E-state index in [9.17, 15) is 0 Å². The van der Waals surface area contributed by atoms with Crippen LogP contribution in [0.3, 0.4) is 0 Å². The molecule has 1 aromatic rings. The van der Waals surface area contributed by atoms with Gasteiger partial charge in [0.1, 0.15) is 0 Å². The molecule has 0 nitrogen and oxygen atoms in total. The van der Waals surface area contributed by atoms with Crippen LogP contribution in [0.25, 0.3) is 8.85 Å². The van der Waals surface area contributed by atoms with E-state index in [1.807, 2.05) is 11.3 Å². The third-order valence-electron chi connectivity index (χ3n) is 5.13. The quantitative estimate of drug-likeness (QED) is 0.681. The van der Waals surface area contributed by atoms with Crippen LogP contribution < -0.4 is 9.75 Å². The molecule has 0 saturated carbocycles. The molecular formula is C20H21S2Zr. The van der Waals surface area contributed by atoms with Crippen molar-refractivity contribution in [2.75, 3.05) is 0 Å². The van der Waals surface area contributed by atoms with Crippen LogP contribution in [0.1, 0.15) is 39.0 Å². The van der Waals surface area contributed by atoms with Crippen LogP contribution in [0.4, 0.5) is 0 Å². The number of allylic oxidation sites excluding steroid dienone is 6. The van der Waals surface area contributed by atoms with Crippen LogP contribution in [0.5, 0.6) is 0 Å². The fraction of sp³-hybridized carbons (Fsp3) is 0.400. The van der Waals surface area contributed by atoms with Crippen molar-refractivity contribution in [2.24, 2.45) is 5.92 Å². The molecule has 2 aliphatic carbocycles. The summed E-state index contributed by atoms with van der Waals surface area (Å²) in [5.74, 6) is 0.652. The zero-order valence-corrected chi connectivity index (χ0v) is 18.4.